The summed E-state index contributed by atoms with van der Waals surface area (Å²) in [6, 6.07) is 11.2. The van der Waals surface area contributed by atoms with E-state index in [1.54, 1.807) is 0 Å². The zero-order valence-electron chi connectivity index (χ0n) is 16.3. The molecule has 1 aliphatic rings. The Kier molecular flexibility index (Phi) is 6.27. The summed E-state index contributed by atoms with van der Waals surface area (Å²) in [7, 11) is -3.56. The third kappa shape index (κ3) is 4.47. The Morgan fingerprint density at radius 3 is 2.11 bits per heavy atom. The van der Waals surface area contributed by atoms with Crippen molar-refractivity contribution < 1.29 is 13.2 Å². The van der Waals surface area contributed by atoms with Crippen molar-refractivity contribution in [2.45, 2.75) is 38.5 Å². The van der Waals surface area contributed by atoms with Crippen LogP contribution in [0, 0.1) is 26.7 Å². The molecule has 150 valence electrons. The second kappa shape index (κ2) is 8.35. The van der Waals surface area contributed by atoms with Crippen LogP contribution in [0.1, 0.15) is 29.5 Å². The van der Waals surface area contributed by atoms with Crippen molar-refractivity contribution in [1.82, 2.24) is 4.31 Å². The fraction of sp³-hybridized carbons (Fsp3) is 0.381. The third-order valence-corrected chi connectivity index (χ3v) is 7.87. The molecule has 1 heterocycles. The van der Waals surface area contributed by atoms with Crippen LogP contribution in [0.5, 0.6) is 0 Å². The summed E-state index contributed by atoms with van der Waals surface area (Å²) in [5, 5.41) is 2.92. The van der Waals surface area contributed by atoms with Crippen LogP contribution in [0.25, 0.3) is 0 Å². The molecule has 0 saturated carbocycles. The molecule has 0 unspecified atom stereocenters. The maximum Gasteiger partial charge on any atom is 0.243 e. The monoisotopic (exact) mass is 464 g/mol. The Balaban J connectivity index is 1.68. The predicted molar refractivity (Wildman–Crippen MR) is 115 cm³/mol. The lowest BCUT2D eigenvalue weighted by Gasteiger charge is -2.31. The number of hydrogen-bond donors (Lipinski definition) is 1. The van der Waals surface area contributed by atoms with Crippen LogP contribution in [0.2, 0.25) is 0 Å². The van der Waals surface area contributed by atoms with Crippen LogP contribution in [-0.2, 0) is 14.8 Å². The van der Waals surface area contributed by atoms with Gasteiger partial charge in [0.15, 0.2) is 0 Å². The van der Waals surface area contributed by atoms with Crippen LogP contribution in [0.3, 0.4) is 0 Å². The fourth-order valence-electron chi connectivity index (χ4n) is 3.84. The first kappa shape index (κ1) is 21.0. The van der Waals surface area contributed by atoms with E-state index < -0.39 is 10.0 Å². The molecule has 2 aromatic rings. The molecule has 1 saturated heterocycles. The summed E-state index contributed by atoms with van der Waals surface area (Å²) >= 11 is 3.37. The zero-order chi connectivity index (χ0) is 20.5. The SMILES string of the molecule is Cc1cc(C)c(S(=O)(=O)N2CCC(C(=O)Nc3ccc(Br)cc3)CC2)c(C)c1. The van der Waals surface area contributed by atoms with E-state index >= 15 is 0 Å². The summed E-state index contributed by atoms with van der Waals surface area (Å²) in [5.74, 6) is -0.239. The van der Waals surface area contributed by atoms with Crippen molar-refractivity contribution in [1.29, 1.82) is 0 Å². The molecule has 0 spiro atoms. The summed E-state index contributed by atoms with van der Waals surface area (Å²) in [6.45, 7) is 6.35. The van der Waals surface area contributed by atoms with Gasteiger partial charge in [0.2, 0.25) is 15.9 Å². The third-order valence-electron chi connectivity index (χ3n) is 5.14. The minimum atomic E-state index is -3.56. The number of anilines is 1. The molecular formula is C21H25BrN2O3S. The van der Waals surface area contributed by atoms with Gasteiger partial charge in [-0.3, -0.25) is 4.79 Å². The van der Waals surface area contributed by atoms with Crippen molar-refractivity contribution in [3.63, 3.8) is 0 Å². The molecule has 1 N–H and O–H groups in total. The Bertz CT molecular complexity index is 956. The maximum atomic E-state index is 13.2. The van der Waals surface area contributed by atoms with E-state index in [0.29, 0.717) is 30.8 Å². The van der Waals surface area contributed by atoms with Gasteiger partial charge in [0.25, 0.3) is 0 Å². The van der Waals surface area contributed by atoms with Crippen molar-refractivity contribution in [3.8, 4) is 0 Å². The van der Waals surface area contributed by atoms with Gasteiger partial charge in [0, 0.05) is 29.2 Å². The number of amides is 1. The summed E-state index contributed by atoms with van der Waals surface area (Å²) in [4.78, 5) is 12.9. The second-order valence-corrected chi connectivity index (χ2v) is 10.2. The van der Waals surface area contributed by atoms with Gasteiger partial charge in [0.05, 0.1) is 4.90 Å². The quantitative estimate of drug-likeness (QED) is 0.728. The molecule has 28 heavy (non-hydrogen) atoms. The molecule has 0 bridgehead atoms. The van der Waals surface area contributed by atoms with Gasteiger partial charge in [-0.2, -0.15) is 4.31 Å². The predicted octanol–water partition coefficient (Wildman–Crippen LogP) is 4.41. The highest BCUT2D eigenvalue weighted by atomic mass is 79.9. The number of hydrogen-bond acceptors (Lipinski definition) is 3. The lowest BCUT2D eigenvalue weighted by atomic mass is 9.97. The minimum absolute atomic E-state index is 0.0536. The molecule has 0 atom stereocenters. The molecule has 5 nitrogen and oxygen atoms in total. The lowest BCUT2D eigenvalue weighted by molar-refractivity contribution is -0.120. The van der Waals surface area contributed by atoms with E-state index in [1.807, 2.05) is 57.2 Å². The average Bonchev–Trinajstić information content (AvgIpc) is 2.62. The molecule has 3 rings (SSSR count). The first-order valence-electron chi connectivity index (χ1n) is 9.33. The Morgan fingerprint density at radius 1 is 1.04 bits per heavy atom. The van der Waals surface area contributed by atoms with Gasteiger partial charge in [-0.25, -0.2) is 8.42 Å². The van der Waals surface area contributed by atoms with Crippen LogP contribution >= 0.6 is 15.9 Å². The van der Waals surface area contributed by atoms with Gasteiger partial charge in [-0.15, -0.1) is 0 Å². The van der Waals surface area contributed by atoms with Crippen molar-refractivity contribution >= 4 is 37.5 Å². The number of nitrogens with one attached hydrogen (secondary N) is 1. The first-order chi connectivity index (χ1) is 13.2. The van der Waals surface area contributed by atoms with Crippen LogP contribution in [0.15, 0.2) is 45.8 Å². The highest BCUT2D eigenvalue weighted by Crippen LogP contribution is 2.29. The zero-order valence-corrected chi connectivity index (χ0v) is 18.7. The van der Waals surface area contributed by atoms with Crippen molar-refractivity contribution in [2.75, 3.05) is 18.4 Å². The average molecular weight is 465 g/mol. The molecule has 7 heteroatoms. The molecule has 2 aromatic carbocycles. The summed E-state index contributed by atoms with van der Waals surface area (Å²) < 4.78 is 28.8. The van der Waals surface area contributed by atoms with Crippen molar-refractivity contribution in [3.05, 3.63) is 57.6 Å². The number of benzene rings is 2. The van der Waals surface area contributed by atoms with E-state index in [1.165, 1.54) is 4.31 Å². The Labute approximate surface area is 175 Å². The van der Waals surface area contributed by atoms with Crippen LogP contribution < -0.4 is 5.32 Å². The summed E-state index contributed by atoms with van der Waals surface area (Å²) in [6.07, 6.45) is 1.04. The number of nitrogens with zero attached hydrogens (tertiary/aromatic N) is 1. The Hall–Kier alpha value is -1.70. The van der Waals surface area contributed by atoms with Crippen LogP contribution in [-0.4, -0.2) is 31.7 Å². The number of halogens is 1. The molecule has 0 aromatic heterocycles. The van der Waals surface area contributed by atoms with E-state index in [0.717, 1.165) is 26.9 Å². The van der Waals surface area contributed by atoms with Gasteiger partial charge in [0.1, 0.15) is 0 Å². The molecular weight excluding hydrogens is 440 g/mol. The standard InChI is InChI=1S/C21H25BrN2O3S/c1-14-12-15(2)20(16(3)13-14)28(26,27)24-10-8-17(9-11-24)21(25)23-19-6-4-18(22)5-7-19/h4-7,12-13,17H,8-11H2,1-3H3,(H,23,25). The second-order valence-electron chi connectivity index (χ2n) is 7.40. The fourth-order valence-corrected chi connectivity index (χ4v) is 5.98. The van der Waals surface area contributed by atoms with E-state index in [2.05, 4.69) is 21.2 Å². The number of piperidine rings is 1. The molecule has 0 aliphatic carbocycles. The van der Waals surface area contributed by atoms with Crippen molar-refractivity contribution in [2.24, 2.45) is 5.92 Å². The molecule has 1 aliphatic heterocycles. The highest BCUT2D eigenvalue weighted by Gasteiger charge is 2.33. The smallest absolute Gasteiger partial charge is 0.243 e. The van der Waals surface area contributed by atoms with Gasteiger partial charge >= 0.3 is 0 Å². The topological polar surface area (TPSA) is 66.5 Å². The molecule has 1 fully saturated rings. The van der Waals surface area contributed by atoms with Crippen LogP contribution in [0.4, 0.5) is 5.69 Å². The Morgan fingerprint density at radius 2 is 1.57 bits per heavy atom. The van der Waals surface area contributed by atoms with E-state index in [-0.39, 0.29) is 11.8 Å². The molecule has 0 radical (unpaired) electrons. The van der Waals surface area contributed by atoms with E-state index in [4.69, 9.17) is 0 Å². The molecule has 1 amide bonds. The highest BCUT2D eigenvalue weighted by molar-refractivity contribution is 9.10. The van der Waals surface area contributed by atoms with Gasteiger partial charge in [-0.1, -0.05) is 33.6 Å². The maximum absolute atomic E-state index is 13.2. The number of carbonyl (C=O) groups excluding carboxylic acids is 1. The number of aryl methyl sites for hydroxylation is 3. The summed E-state index contributed by atoms with van der Waals surface area (Å²) in [5.41, 5.74) is 3.34. The first-order valence-corrected chi connectivity index (χ1v) is 11.6. The number of sulfonamides is 1. The minimum Gasteiger partial charge on any atom is -0.326 e. The largest absolute Gasteiger partial charge is 0.326 e. The van der Waals surface area contributed by atoms with Gasteiger partial charge in [-0.05, 0) is 69.0 Å². The number of carbonyl (C=O) groups is 1. The van der Waals surface area contributed by atoms with Gasteiger partial charge < -0.3 is 5.32 Å². The van der Waals surface area contributed by atoms with E-state index in [9.17, 15) is 13.2 Å². The lowest BCUT2D eigenvalue weighted by Crippen LogP contribution is -2.41. The normalized spacial score (nSPS) is 16.1. The number of rotatable bonds is 4.